The van der Waals surface area contributed by atoms with E-state index in [1.807, 2.05) is 38.2 Å². The number of nitrogens with one attached hydrogen (secondary N) is 1. The van der Waals surface area contributed by atoms with Gasteiger partial charge in [0.1, 0.15) is 0 Å². The van der Waals surface area contributed by atoms with E-state index in [0.717, 1.165) is 23.6 Å². The molecule has 1 N–H and O–H groups in total. The van der Waals surface area contributed by atoms with E-state index in [1.54, 1.807) is 0 Å². The zero-order valence-electron chi connectivity index (χ0n) is 10.9. The van der Waals surface area contributed by atoms with Crippen molar-refractivity contribution >= 4 is 11.6 Å². The molecule has 3 atom stereocenters. The Morgan fingerprint density at radius 2 is 2.11 bits per heavy atom. The quantitative estimate of drug-likeness (QED) is 0.861. The number of benzene rings is 1. The van der Waals surface area contributed by atoms with Crippen molar-refractivity contribution in [1.82, 2.24) is 5.32 Å². The molecule has 3 unspecified atom stereocenters. The highest BCUT2D eigenvalue weighted by Crippen LogP contribution is 2.28. The Hall–Kier alpha value is -0.610. The molecular weight excluding hydrogens is 250 g/mol. The molecule has 4 heteroatoms. The normalized spacial score (nSPS) is 26.9. The molecule has 0 radical (unpaired) electrons. The summed E-state index contributed by atoms with van der Waals surface area (Å²) in [5.74, 6) is 0. The van der Waals surface area contributed by atoms with Gasteiger partial charge in [0.15, 0.2) is 0 Å². The largest absolute Gasteiger partial charge is 0.374 e. The third-order valence-corrected chi connectivity index (χ3v) is 3.76. The van der Waals surface area contributed by atoms with Gasteiger partial charge in [0.25, 0.3) is 0 Å². The van der Waals surface area contributed by atoms with E-state index >= 15 is 0 Å². The van der Waals surface area contributed by atoms with E-state index in [4.69, 9.17) is 21.1 Å². The van der Waals surface area contributed by atoms with Gasteiger partial charge >= 0.3 is 0 Å². The summed E-state index contributed by atoms with van der Waals surface area (Å²) in [6.45, 7) is 3.27. The van der Waals surface area contributed by atoms with Gasteiger partial charge in [0.05, 0.1) is 18.8 Å². The molecule has 0 spiro atoms. The molecule has 0 aromatic heterocycles. The number of likely N-dealkylation sites (N-methyl/N-ethyl adjacent to an activating group) is 1. The van der Waals surface area contributed by atoms with Crippen molar-refractivity contribution in [2.45, 2.75) is 38.2 Å². The van der Waals surface area contributed by atoms with Crippen molar-refractivity contribution in [3.8, 4) is 0 Å². The summed E-state index contributed by atoms with van der Waals surface area (Å²) >= 11 is 6.10. The predicted octanol–water partition coefficient (Wildman–Crippen LogP) is 2.62. The molecule has 0 saturated heterocycles. The fraction of sp³-hybridized carbons (Fsp3) is 0.571. The lowest BCUT2D eigenvalue weighted by molar-refractivity contribution is -0.148. The van der Waals surface area contributed by atoms with Crippen LogP contribution in [0.2, 0.25) is 5.02 Å². The molecule has 18 heavy (non-hydrogen) atoms. The highest BCUT2D eigenvalue weighted by molar-refractivity contribution is 6.31. The lowest BCUT2D eigenvalue weighted by atomic mass is 9.85. The van der Waals surface area contributed by atoms with Gasteiger partial charge < -0.3 is 14.8 Å². The molecule has 100 valence electrons. The summed E-state index contributed by atoms with van der Waals surface area (Å²) in [5, 5.41) is 4.00. The van der Waals surface area contributed by atoms with Crippen LogP contribution in [0.3, 0.4) is 0 Å². The smallest absolute Gasteiger partial charge is 0.0990 e. The van der Waals surface area contributed by atoms with Gasteiger partial charge in [-0.15, -0.1) is 0 Å². The number of ether oxygens (including phenoxy) is 2. The van der Waals surface area contributed by atoms with Crippen LogP contribution < -0.4 is 5.32 Å². The maximum absolute atomic E-state index is 6.10. The average Bonchev–Trinajstić information content (AvgIpc) is 2.37. The van der Waals surface area contributed by atoms with Gasteiger partial charge in [-0.1, -0.05) is 29.8 Å². The Bertz CT molecular complexity index is 386. The van der Waals surface area contributed by atoms with Crippen molar-refractivity contribution < 1.29 is 9.47 Å². The standard InChI is InChI=1S/C14H20ClNO2/c1-3-17-14-12(16-2)8-13(14)18-9-10-6-4-5-7-11(10)15/h4-7,12-14,16H,3,8-9H2,1-2H3. The molecule has 1 aliphatic carbocycles. The maximum atomic E-state index is 6.10. The SMILES string of the molecule is CCOC1C(NC)CC1OCc1ccccc1Cl. The highest BCUT2D eigenvalue weighted by Gasteiger charge is 2.41. The van der Waals surface area contributed by atoms with Crippen LogP contribution in [-0.4, -0.2) is 31.9 Å². The Labute approximate surface area is 113 Å². The van der Waals surface area contributed by atoms with Crippen LogP contribution in [0, 0.1) is 0 Å². The first-order valence-corrected chi connectivity index (χ1v) is 6.78. The Morgan fingerprint density at radius 3 is 2.78 bits per heavy atom. The minimum Gasteiger partial charge on any atom is -0.374 e. The molecule has 2 rings (SSSR count). The van der Waals surface area contributed by atoms with Crippen molar-refractivity contribution in [1.29, 1.82) is 0 Å². The average molecular weight is 270 g/mol. The molecule has 0 bridgehead atoms. The molecule has 0 aliphatic heterocycles. The van der Waals surface area contributed by atoms with Crippen LogP contribution in [0.25, 0.3) is 0 Å². The van der Waals surface area contributed by atoms with Crippen molar-refractivity contribution in [3.05, 3.63) is 34.9 Å². The second-order valence-corrected chi connectivity index (χ2v) is 4.90. The first-order chi connectivity index (χ1) is 8.76. The third kappa shape index (κ3) is 3.04. The van der Waals surface area contributed by atoms with Gasteiger partial charge in [-0.25, -0.2) is 0 Å². The zero-order chi connectivity index (χ0) is 13.0. The second kappa shape index (κ2) is 6.53. The third-order valence-electron chi connectivity index (χ3n) is 3.39. The predicted molar refractivity (Wildman–Crippen MR) is 72.9 cm³/mol. The molecule has 1 saturated carbocycles. The van der Waals surface area contributed by atoms with Gasteiger partial charge in [-0.2, -0.15) is 0 Å². The van der Waals surface area contributed by atoms with Crippen LogP contribution in [0.15, 0.2) is 24.3 Å². The van der Waals surface area contributed by atoms with E-state index in [0.29, 0.717) is 12.6 Å². The fourth-order valence-electron chi connectivity index (χ4n) is 2.25. The lowest BCUT2D eigenvalue weighted by Crippen LogP contribution is -2.59. The number of rotatable bonds is 6. The minimum atomic E-state index is 0.155. The van der Waals surface area contributed by atoms with Crippen LogP contribution in [0.5, 0.6) is 0 Å². The van der Waals surface area contributed by atoms with E-state index < -0.39 is 0 Å². The molecule has 1 aliphatic rings. The van der Waals surface area contributed by atoms with E-state index in [1.165, 1.54) is 0 Å². The van der Waals surface area contributed by atoms with Gasteiger partial charge in [-0.3, -0.25) is 0 Å². The van der Waals surface area contributed by atoms with Crippen molar-refractivity contribution in [2.24, 2.45) is 0 Å². The van der Waals surface area contributed by atoms with E-state index in [2.05, 4.69) is 5.32 Å². The fourth-order valence-corrected chi connectivity index (χ4v) is 2.45. The monoisotopic (exact) mass is 269 g/mol. The van der Waals surface area contributed by atoms with Crippen LogP contribution >= 0.6 is 11.6 Å². The van der Waals surface area contributed by atoms with Gasteiger partial charge in [0, 0.05) is 17.7 Å². The minimum absolute atomic E-state index is 0.155. The summed E-state index contributed by atoms with van der Waals surface area (Å²) in [6.07, 6.45) is 1.31. The van der Waals surface area contributed by atoms with Crippen LogP contribution in [-0.2, 0) is 16.1 Å². The lowest BCUT2D eigenvalue weighted by Gasteiger charge is -2.43. The highest BCUT2D eigenvalue weighted by atomic mass is 35.5. The van der Waals surface area contributed by atoms with Crippen molar-refractivity contribution in [2.75, 3.05) is 13.7 Å². The first-order valence-electron chi connectivity index (χ1n) is 6.40. The number of hydrogen-bond acceptors (Lipinski definition) is 3. The second-order valence-electron chi connectivity index (χ2n) is 4.49. The summed E-state index contributed by atoms with van der Waals surface area (Å²) in [4.78, 5) is 0. The van der Waals surface area contributed by atoms with E-state index in [-0.39, 0.29) is 12.2 Å². The summed E-state index contributed by atoms with van der Waals surface area (Å²) < 4.78 is 11.6. The van der Waals surface area contributed by atoms with Crippen LogP contribution in [0.1, 0.15) is 18.9 Å². The number of hydrogen-bond donors (Lipinski definition) is 1. The molecule has 0 heterocycles. The first kappa shape index (κ1) is 13.8. The topological polar surface area (TPSA) is 30.5 Å². The summed E-state index contributed by atoms with van der Waals surface area (Å²) in [6, 6.07) is 8.18. The van der Waals surface area contributed by atoms with Gasteiger partial charge in [-0.05, 0) is 32.0 Å². The zero-order valence-corrected chi connectivity index (χ0v) is 11.6. The molecule has 0 amide bonds. The molecule has 1 aromatic rings. The molecule has 1 aromatic carbocycles. The Morgan fingerprint density at radius 1 is 1.33 bits per heavy atom. The summed E-state index contributed by atoms with van der Waals surface area (Å²) in [7, 11) is 1.96. The molecule has 1 fully saturated rings. The molecule has 3 nitrogen and oxygen atoms in total. The van der Waals surface area contributed by atoms with Gasteiger partial charge in [0.2, 0.25) is 0 Å². The molecular formula is C14H20ClNO2. The Balaban J connectivity index is 1.86. The van der Waals surface area contributed by atoms with Crippen molar-refractivity contribution in [3.63, 3.8) is 0 Å². The van der Waals surface area contributed by atoms with E-state index in [9.17, 15) is 0 Å². The summed E-state index contributed by atoms with van der Waals surface area (Å²) in [5.41, 5.74) is 1.03. The van der Waals surface area contributed by atoms with Crippen LogP contribution in [0.4, 0.5) is 0 Å². The number of halogens is 1. The Kier molecular flexibility index (Phi) is 5.01. The maximum Gasteiger partial charge on any atom is 0.0990 e.